The van der Waals surface area contributed by atoms with Gasteiger partial charge in [-0.3, -0.25) is 14.9 Å². The molecule has 1 unspecified atom stereocenters. The minimum Gasteiger partial charge on any atom is -0.351 e. The van der Waals surface area contributed by atoms with Crippen molar-refractivity contribution < 1.29 is 19.3 Å². The van der Waals surface area contributed by atoms with Crippen molar-refractivity contribution in [3.05, 3.63) is 35.9 Å². The quantitative estimate of drug-likeness (QED) is 0.531. The van der Waals surface area contributed by atoms with Gasteiger partial charge in [-0.25, -0.2) is 4.79 Å². The fraction of sp³-hybridized carbons (Fsp3) is 0.438. The van der Waals surface area contributed by atoms with Gasteiger partial charge in [-0.2, -0.15) is 0 Å². The molecule has 4 amide bonds. The van der Waals surface area contributed by atoms with Crippen molar-refractivity contribution in [2.45, 2.75) is 19.4 Å². The first-order valence-electron chi connectivity index (χ1n) is 7.66. The van der Waals surface area contributed by atoms with Crippen LogP contribution in [0.4, 0.5) is 4.79 Å². The summed E-state index contributed by atoms with van der Waals surface area (Å²) < 4.78 is 0. The zero-order valence-corrected chi connectivity index (χ0v) is 13.8. The molecule has 1 aromatic carbocycles. The van der Waals surface area contributed by atoms with Crippen LogP contribution >= 0.6 is 0 Å². The van der Waals surface area contributed by atoms with Crippen molar-refractivity contribution in [1.29, 1.82) is 0 Å². The fourth-order valence-corrected chi connectivity index (χ4v) is 2.23. The van der Waals surface area contributed by atoms with Crippen LogP contribution in [0.25, 0.3) is 0 Å². The summed E-state index contributed by atoms with van der Waals surface area (Å²) in [5.41, 5.74) is 0.745. The van der Waals surface area contributed by atoms with Gasteiger partial charge in [0.1, 0.15) is 0 Å². The Morgan fingerprint density at radius 1 is 1.17 bits per heavy atom. The third-order valence-electron chi connectivity index (χ3n) is 3.36. The molecule has 0 bridgehead atoms. The largest absolute Gasteiger partial charge is 0.351 e. The summed E-state index contributed by atoms with van der Waals surface area (Å²) >= 11 is 0. The molecule has 7 nitrogen and oxygen atoms in total. The molecule has 126 valence electrons. The van der Waals surface area contributed by atoms with Crippen molar-refractivity contribution in [3.8, 4) is 0 Å². The maximum atomic E-state index is 12.4. The van der Waals surface area contributed by atoms with Crippen molar-refractivity contribution in [2.75, 3.05) is 27.2 Å². The van der Waals surface area contributed by atoms with Gasteiger partial charge in [0.15, 0.2) is 12.6 Å². The third-order valence-corrected chi connectivity index (χ3v) is 3.36. The summed E-state index contributed by atoms with van der Waals surface area (Å²) in [6, 6.07) is 7.88. The highest BCUT2D eigenvalue weighted by Crippen LogP contribution is 2.09. The molecule has 0 saturated carbocycles. The number of benzene rings is 1. The van der Waals surface area contributed by atoms with Crippen LogP contribution in [-0.4, -0.2) is 45.0 Å². The lowest BCUT2D eigenvalue weighted by Gasteiger charge is -2.23. The van der Waals surface area contributed by atoms with E-state index < -0.39 is 18.0 Å². The van der Waals surface area contributed by atoms with E-state index in [9.17, 15) is 14.4 Å². The Hall–Kier alpha value is -2.41. The van der Waals surface area contributed by atoms with Gasteiger partial charge in [-0.1, -0.05) is 37.3 Å². The predicted molar refractivity (Wildman–Crippen MR) is 86.8 cm³/mol. The van der Waals surface area contributed by atoms with Crippen LogP contribution in [0, 0.1) is 0 Å². The smallest absolute Gasteiger partial charge is 0.321 e. The molecular formula is C16H25N4O3+. The van der Waals surface area contributed by atoms with Gasteiger partial charge in [0.2, 0.25) is 0 Å². The second-order valence-corrected chi connectivity index (χ2v) is 5.29. The van der Waals surface area contributed by atoms with E-state index in [-0.39, 0.29) is 12.5 Å². The first-order valence-corrected chi connectivity index (χ1v) is 7.66. The molecule has 0 heterocycles. The molecule has 0 aliphatic carbocycles. The lowest BCUT2D eigenvalue weighted by molar-refractivity contribution is -0.894. The van der Waals surface area contributed by atoms with Crippen molar-refractivity contribution >= 4 is 17.8 Å². The van der Waals surface area contributed by atoms with Gasteiger partial charge in [-0.15, -0.1) is 0 Å². The highest BCUT2D eigenvalue weighted by atomic mass is 16.2. The van der Waals surface area contributed by atoms with Crippen LogP contribution in [0.1, 0.15) is 24.9 Å². The van der Waals surface area contributed by atoms with Crippen LogP contribution in [0.3, 0.4) is 0 Å². The first-order chi connectivity index (χ1) is 11.0. The van der Waals surface area contributed by atoms with E-state index in [0.717, 1.165) is 12.0 Å². The fourth-order valence-electron chi connectivity index (χ4n) is 2.23. The highest BCUT2D eigenvalue weighted by Gasteiger charge is 2.31. The van der Waals surface area contributed by atoms with Crippen LogP contribution < -0.4 is 20.9 Å². The van der Waals surface area contributed by atoms with Crippen LogP contribution in [0.5, 0.6) is 0 Å². The van der Waals surface area contributed by atoms with Crippen LogP contribution in [-0.2, 0) is 9.59 Å². The van der Waals surface area contributed by atoms with E-state index in [1.807, 2.05) is 37.3 Å². The topological polar surface area (TPSA) is 91.7 Å². The van der Waals surface area contributed by atoms with E-state index in [1.165, 1.54) is 7.05 Å². The van der Waals surface area contributed by atoms with Gasteiger partial charge < -0.3 is 15.5 Å². The second kappa shape index (κ2) is 9.58. The number of rotatable bonds is 7. The van der Waals surface area contributed by atoms with Crippen LogP contribution in [0.2, 0.25) is 0 Å². The number of carbonyl (C=O) groups excluding carboxylic acids is 3. The SMILES string of the molecule is CCCNC(=O)C[NH+](C)[C@@H](C(=O)NC(=O)NC)c1ccccc1. The number of hydrogen-bond donors (Lipinski definition) is 4. The minimum atomic E-state index is -0.652. The number of imide groups is 1. The van der Waals surface area contributed by atoms with Crippen LogP contribution in [0.15, 0.2) is 30.3 Å². The number of hydrogen-bond acceptors (Lipinski definition) is 3. The maximum Gasteiger partial charge on any atom is 0.321 e. The van der Waals surface area contributed by atoms with Gasteiger partial charge >= 0.3 is 6.03 Å². The molecule has 1 rings (SSSR count). The monoisotopic (exact) mass is 321 g/mol. The molecule has 1 aromatic rings. The molecule has 0 aromatic heterocycles. The molecular weight excluding hydrogens is 296 g/mol. The van der Waals surface area contributed by atoms with Crippen molar-refractivity contribution in [2.24, 2.45) is 0 Å². The molecule has 7 heteroatoms. The van der Waals surface area contributed by atoms with Crippen molar-refractivity contribution in [1.82, 2.24) is 16.0 Å². The van der Waals surface area contributed by atoms with E-state index in [0.29, 0.717) is 11.4 Å². The zero-order chi connectivity index (χ0) is 17.2. The molecule has 0 fully saturated rings. The van der Waals surface area contributed by atoms with E-state index in [4.69, 9.17) is 0 Å². The summed E-state index contributed by atoms with van der Waals surface area (Å²) in [5.74, 6) is -0.575. The van der Waals surface area contributed by atoms with Gasteiger partial charge in [0.25, 0.3) is 11.8 Å². The minimum absolute atomic E-state index is 0.127. The second-order valence-electron chi connectivity index (χ2n) is 5.29. The number of amides is 4. The Bertz CT molecular complexity index is 533. The Morgan fingerprint density at radius 3 is 2.39 bits per heavy atom. The number of quaternary nitrogens is 1. The molecule has 0 aliphatic heterocycles. The van der Waals surface area contributed by atoms with Gasteiger partial charge in [-0.05, 0) is 6.42 Å². The van der Waals surface area contributed by atoms with E-state index >= 15 is 0 Å². The number of nitrogens with one attached hydrogen (secondary N) is 4. The van der Waals surface area contributed by atoms with E-state index in [1.54, 1.807) is 7.05 Å². The summed E-state index contributed by atoms with van der Waals surface area (Å²) in [6.45, 7) is 2.72. The Labute approximate surface area is 136 Å². The molecule has 23 heavy (non-hydrogen) atoms. The number of urea groups is 1. The molecule has 2 atom stereocenters. The summed E-state index contributed by atoms with van der Waals surface area (Å²) in [5, 5.41) is 7.42. The summed E-state index contributed by atoms with van der Waals surface area (Å²) in [6.07, 6.45) is 0.851. The molecule has 0 saturated heterocycles. The molecule has 4 N–H and O–H groups in total. The lowest BCUT2D eigenvalue weighted by atomic mass is 10.0. The number of likely N-dealkylation sites (N-methyl/N-ethyl adjacent to an activating group) is 1. The Balaban J connectivity index is 2.88. The molecule has 0 aliphatic rings. The Kier molecular flexibility index (Phi) is 7.76. The zero-order valence-electron chi connectivity index (χ0n) is 13.8. The standard InChI is InChI=1S/C16H24N4O3/c1-4-10-18-13(21)11-20(3)14(12-8-6-5-7-9-12)15(22)19-16(23)17-2/h5-9,14H,4,10-11H2,1-3H3,(H,18,21)(H2,17,19,22,23)/p+1/t14-/m1/s1. The van der Waals surface area contributed by atoms with Gasteiger partial charge in [0, 0.05) is 19.2 Å². The summed E-state index contributed by atoms with van der Waals surface area (Å²) in [4.78, 5) is 36.4. The highest BCUT2D eigenvalue weighted by molar-refractivity contribution is 5.96. The normalized spacial score (nSPS) is 12.8. The van der Waals surface area contributed by atoms with E-state index in [2.05, 4.69) is 16.0 Å². The lowest BCUT2D eigenvalue weighted by Crippen LogP contribution is -3.11. The molecule has 0 spiro atoms. The van der Waals surface area contributed by atoms with Gasteiger partial charge in [0.05, 0.1) is 7.05 Å². The third kappa shape index (κ3) is 6.07. The van der Waals surface area contributed by atoms with Crippen molar-refractivity contribution in [3.63, 3.8) is 0 Å². The predicted octanol–water partition coefficient (Wildman–Crippen LogP) is -0.776. The molecule has 0 radical (unpaired) electrons. The average molecular weight is 321 g/mol. The Morgan fingerprint density at radius 2 is 1.83 bits per heavy atom. The summed E-state index contributed by atoms with van der Waals surface area (Å²) in [7, 11) is 3.20. The first kappa shape index (κ1) is 18.6. The number of carbonyl (C=O) groups is 3. The maximum absolute atomic E-state index is 12.4. The average Bonchev–Trinajstić information content (AvgIpc) is 2.53.